The highest BCUT2D eigenvalue weighted by Gasteiger charge is 2.49. The van der Waals surface area contributed by atoms with Gasteiger partial charge in [-0.3, -0.25) is 9.88 Å². The molecule has 3 aliphatic rings. The van der Waals surface area contributed by atoms with E-state index in [2.05, 4.69) is 16.8 Å². The third-order valence-electron chi connectivity index (χ3n) is 5.76. The average molecular weight is 332 g/mol. The molecule has 4 heterocycles. The molecule has 1 atom stereocenters. The number of likely N-dealkylation sites (tertiary alicyclic amines) is 1. The van der Waals surface area contributed by atoms with E-state index >= 15 is 0 Å². The van der Waals surface area contributed by atoms with E-state index in [0.29, 0.717) is 18.8 Å². The van der Waals surface area contributed by atoms with E-state index in [1.54, 1.807) is 0 Å². The third-order valence-corrected chi connectivity index (χ3v) is 5.76. The first-order valence-corrected chi connectivity index (χ1v) is 9.21. The largest absolute Gasteiger partial charge is 0.381 e. The Labute approximate surface area is 144 Å². The lowest BCUT2D eigenvalue weighted by molar-refractivity contribution is -0.210. The van der Waals surface area contributed by atoms with Crippen molar-refractivity contribution in [1.29, 1.82) is 0 Å². The van der Waals surface area contributed by atoms with Crippen LogP contribution in [-0.2, 0) is 20.8 Å². The summed E-state index contributed by atoms with van der Waals surface area (Å²) in [5.74, 6) is 0. The van der Waals surface area contributed by atoms with E-state index < -0.39 is 0 Å². The molecule has 1 aromatic rings. The molecule has 3 fully saturated rings. The molecule has 0 N–H and O–H groups in total. The molecule has 1 unspecified atom stereocenters. The van der Waals surface area contributed by atoms with Crippen molar-refractivity contribution in [2.45, 2.75) is 57.0 Å². The number of aromatic nitrogens is 1. The van der Waals surface area contributed by atoms with Crippen molar-refractivity contribution in [1.82, 2.24) is 9.88 Å². The van der Waals surface area contributed by atoms with Crippen molar-refractivity contribution >= 4 is 0 Å². The number of rotatable bonds is 4. The highest BCUT2D eigenvalue weighted by Crippen LogP contribution is 2.38. The Kier molecular flexibility index (Phi) is 4.86. The van der Waals surface area contributed by atoms with Crippen LogP contribution in [0.5, 0.6) is 0 Å². The molecule has 3 aliphatic heterocycles. The topological polar surface area (TPSA) is 43.8 Å². The minimum atomic E-state index is 0.0329. The van der Waals surface area contributed by atoms with Gasteiger partial charge in [0, 0.05) is 57.8 Å². The minimum absolute atomic E-state index is 0.0329. The first-order valence-electron chi connectivity index (χ1n) is 9.21. The predicted molar refractivity (Wildman–Crippen MR) is 90.9 cm³/mol. The molecule has 5 heteroatoms. The van der Waals surface area contributed by atoms with Crippen molar-refractivity contribution in [2.24, 2.45) is 0 Å². The van der Waals surface area contributed by atoms with Gasteiger partial charge in [0.2, 0.25) is 0 Å². The van der Waals surface area contributed by atoms with E-state index in [1.165, 1.54) is 11.1 Å². The molecule has 4 rings (SSSR count). The van der Waals surface area contributed by atoms with Crippen LogP contribution in [0.4, 0.5) is 0 Å². The zero-order valence-electron chi connectivity index (χ0n) is 14.6. The van der Waals surface area contributed by atoms with Crippen LogP contribution in [0.2, 0.25) is 0 Å². The van der Waals surface area contributed by atoms with E-state index in [0.717, 1.165) is 58.6 Å². The Morgan fingerprint density at radius 2 is 2.08 bits per heavy atom. The number of pyridine rings is 1. The quantitative estimate of drug-likeness (QED) is 0.847. The molecule has 1 spiro atoms. The second-order valence-electron chi connectivity index (χ2n) is 7.51. The lowest BCUT2D eigenvalue weighted by Gasteiger charge is -2.56. The van der Waals surface area contributed by atoms with Gasteiger partial charge in [0.15, 0.2) is 0 Å². The Hall–Kier alpha value is -1.01. The van der Waals surface area contributed by atoms with E-state index in [1.807, 2.05) is 18.5 Å². The highest BCUT2D eigenvalue weighted by molar-refractivity contribution is 5.20. The molecule has 24 heavy (non-hydrogen) atoms. The van der Waals surface area contributed by atoms with Gasteiger partial charge in [0.1, 0.15) is 0 Å². The van der Waals surface area contributed by atoms with Crippen molar-refractivity contribution in [3.05, 3.63) is 29.6 Å². The molecule has 132 valence electrons. The van der Waals surface area contributed by atoms with Crippen LogP contribution in [0, 0.1) is 6.92 Å². The first-order chi connectivity index (χ1) is 11.7. The normalized spacial score (nSPS) is 28.0. The maximum Gasteiger partial charge on any atom is 0.0959 e. The third kappa shape index (κ3) is 3.49. The number of ether oxygens (including phenoxy) is 3. The fourth-order valence-electron chi connectivity index (χ4n) is 4.20. The van der Waals surface area contributed by atoms with Crippen molar-refractivity contribution < 1.29 is 14.2 Å². The van der Waals surface area contributed by atoms with Crippen LogP contribution >= 0.6 is 0 Å². The van der Waals surface area contributed by atoms with Crippen LogP contribution < -0.4 is 0 Å². The Morgan fingerprint density at radius 3 is 2.88 bits per heavy atom. The average Bonchev–Trinajstić information content (AvgIpc) is 2.60. The van der Waals surface area contributed by atoms with Gasteiger partial charge in [-0.05, 0) is 43.4 Å². The van der Waals surface area contributed by atoms with Gasteiger partial charge in [-0.15, -0.1) is 0 Å². The maximum absolute atomic E-state index is 6.20. The molecule has 0 saturated carbocycles. The standard InChI is InChI=1S/C19H28N2O3/c1-15-2-6-20-11-16(15)12-23-18-5-9-24-19(10-18)13-21(14-19)17-3-7-22-8-4-17/h2,6,11,17-18H,3-5,7-10,12-14H2,1H3. The lowest BCUT2D eigenvalue weighted by Crippen LogP contribution is -2.68. The van der Waals surface area contributed by atoms with E-state index in [4.69, 9.17) is 14.2 Å². The number of hydrogen-bond donors (Lipinski definition) is 0. The van der Waals surface area contributed by atoms with Gasteiger partial charge in [-0.1, -0.05) is 0 Å². The number of nitrogens with zero attached hydrogens (tertiary/aromatic N) is 2. The molecular weight excluding hydrogens is 304 g/mol. The SMILES string of the molecule is Cc1ccncc1COC1CCOC2(C1)CN(C1CCOCC1)C2. The molecule has 0 bridgehead atoms. The summed E-state index contributed by atoms with van der Waals surface area (Å²) in [4.78, 5) is 6.78. The summed E-state index contributed by atoms with van der Waals surface area (Å²) in [7, 11) is 0. The molecule has 0 aliphatic carbocycles. The Balaban J connectivity index is 1.28. The summed E-state index contributed by atoms with van der Waals surface area (Å²) in [6, 6.07) is 2.73. The summed E-state index contributed by atoms with van der Waals surface area (Å²) < 4.78 is 17.8. The zero-order valence-corrected chi connectivity index (χ0v) is 14.6. The fraction of sp³-hybridized carbons (Fsp3) is 0.737. The number of aryl methyl sites for hydroxylation is 1. The van der Waals surface area contributed by atoms with Crippen LogP contribution in [0.1, 0.15) is 36.8 Å². The molecule has 0 amide bonds. The van der Waals surface area contributed by atoms with Crippen molar-refractivity contribution in [2.75, 3.05) is 32.9 Å². The van der Waals surface area contributed by atoms with Crippen molar-refractivity contribution in [3.63, 3.8) is 0 Å². The Morgan fingerprint density at radius 1 is 1.25 bits per heavy atom. The summed E-state index contributed by atoms with van der Waals surface area (Å²) >= 11 is 0. The Bertz CT molecular complexity index is 553. The van der Waals surface area contributed by atoms with Crippen LogP contribution in [-0.4, -0.2) is 60.5 Å². The summed E-state index contributed by atoms with van der Waals surface area (Å²) in [5.41, 5.74) is 2.47. The molecule has 0 radical (unpaired) electrons. The van der Waals surface area contributed by atoms with E-state index in [9.17, 15) is 0 Å². The lowest BCUT2D eigenvalue weighted by atomic mass is 9.82. The predicted octanol–water partition coefficient (Wildman–Crippen LogP) is 2.32. The van der Waals surface area contributed by atoms with Crippen LogP contribution in [0.3, 0.4) is 0 Å². The number of hydrogen-bond acceptors (Lipinski definition) is 5. The van der Waals surface area contributed by atoms with Gasteiger partial charge >= 0.3 is 0 Å². The van der Waals surface area contributed by atoms with Gasteiger partial charge in [-0.2, -0.15) is 0 Å². The van der Waals surface area contributed by atoms with Crippen molar-refractivity contribution in [3.8, 4) is 0 Å². The fourth-order valence-corrected chi connectivity index (χ4v) is 4.20. The second kappa shape index (κ2) is 7.08. The maximum atomic E-state index is 6.20. The summed E-state index contributed by atoms with van der Waals surface area (Å²) in [5, 5.41) is 0. The molecule has 0 aromatic carbocycles. The van der Waals surface area contributed by atoms with Gasteiger partial charge in [0.05, 0.1) is 18.3 Å². The zero-order chi connectivity index (χ0) is 16.4. The first kappa shape index (κ1) is 16.5. The van der Waals surface area contributed by atoms with Crippen LogP contribution in [0.25, 0.3) is 0 Å². The van der Waals surface area contributed by atoms with Gasteiger partial charge < -0.3 is 14.2 Å². The van der Waals surface area contributed by atoms with E-state index in [-0.39, 0.29) is 5.60 Å². The molecule has 3 saturated heterocycles. The smallest absolute Gasteiger partial charge is 0.0959 e. The monoisotopic (exact) mass is 332 g/mol. The van der Waals surface area contributed by atoms with Gasteiger partial charge in [0.25, 0.3) is 0 Å². The minimum Gasteiger partial charge on any atom is -0.381 e. The summed E-state index contributed by atoms with van der Waals surface area (Å²) in [6.07, 6.45) is 8.40. The molecule has 1 aromatic heterocycles. The van der Waals surface area contributed by atoms with Gasteiger partial charge in [-0.25, -0.2) is 0 Å². The van der Waals surface area contributed by atoms with Crippen LogP contribution in [0.15, 0.2) is 18.5 Å². The highest BCUT2D eigenvalue weighted by atomic mass is 16.5. The molecular formula is C19H28N2O3. The molecule has 5 nitrogen and oxygen atoms in total. The second-order valence-corrected chi connectivity index (χ2v) is 7.51. The summed E-state index contributed by atoms with van der Waals surface area (Å²) in [6.45, 7) is 7.52.